The van der Waals surface area contributed by atoms with Crippen molar-refractivity contribution in [3.8, 4) is 0 Å². The van der Waals surface area contributed by atoms with Gasteiger partial charge >= 0.3 is 6.18 Å². The Bertz CT molecular complexity index is 384. The molecule has 1 rings (SSSR count). The zero-order valence-corrected chi connectivity index (χ0v) is 12.2. The Labute approximate surface area is 119 Å². The molecule has 19 heavy (non-hydrogen) atoms. The smallest absolute Gasteiger partial charge is 0.372 e. The van der Waals surface area contributed by atoms with Crippen LogP contribution in [0.1, 0.15) is 5.56 Å². The molecular weight excluding hydrogens is 323 g/mol. The number of ether oxygens (including phenoxy) is 1. The summed E-state index contributed by atoms with van der Waals surface area (Å²) in [5, 5.41) is 2.98. The Hall–Kier alpha value is -0.590. The van der Waals surface area contributed by atoms with Gasteiger partial charge in [0.05, 0.1) is 6.61 Å². The highest BCUT2D eigenvalue weighted by atomic mass is 79.9. The average Bonchev–Trinajstić information content (AvgIpc) is 2.30. The van der Waals surface area contributed by atoms with Crippen LogP contribution in [0.3, 0.4) is 0 Å². The van der Waals surface area contributed by atoms with Crippen LogP contribution in [0.15, 0.2) is 28.7 Å². The first-order chi connectivity index (χ1) is 8.92. The van der Waals surface area contributed by atoms with Crippen LogP contribution < -0.4 is 5.32 Å². The molecule has 1 aromatic rings. The number of hydrogen-bond acceptors (Lipinski definition) is 2. The fourth-order valence-electron chi connectivity index (χ4n) is 1.79. The molecule has 0 aromatic heterocycles. The molecule has 1 N–H and O–H groups in total. The minimum Gasteiger partial charge on any atom is -0.372 e. The molecular formula is C13H17BrF3NO. The van der Waals surface area contributed by atoms with Gasteiger partial charge < -0.3 is 10.1 Å². The van der Waals surface area contributed by atoms with Gasteiger partial charge in [-0.05, 0) is 31.0 Å². The summed E-state index contributed by atoms with van der Waals surface area (Å²) >= 11 is 3.43. The van der Waals surface area contributed by atoms with Crippen LogP contribution in [0.4, 0.5) is 13.2 Å². The fraction of sp³-hybridized carbons (Fsp3) is 0.538. The first kappa shape index (κ1) is 16.5. The quantitative estimate of drug-likeness (QED) is 0.821. The van der Waals surface area contributed by atoms with E-state index in [2.05, 4.69) is 21.2 Å². The minimum absolute atomic E-state index is 0.00560. The van der Waals surface area contributed by atoms with E-state index < -0.39 is 12.8 Å². The summed E-state index contributed by atoms with van der Waals surface area (Å²) in [5.41, 5.74) is 1.07. The highest BCUT2D eigenvalue weighted by molar-refractivity contribution is 9.10. The van der Waals surface area contributed by atoms with E-state index in [1.165, 1.54) is 0 Å². The van der Waals surface area contributed by atoms with Crippen LogP contribution in [0.2, 0.25) is 0 Å². The number of benzene rings is 1. The number of alkyl halides is 3. The van der Waals surface area contributed by atoms with Crippen LogP contribution in [0.25, 0.3) is 0 Å². The van der Waals surface area contributed by atoms with Gasteiger partial charge in [-0.1, -0.05) is 34.1 Å². The van der Waals surface area contributed by atoms with Gasteiger partial charge in [0.15, 0.2) is 0 Å². The lowest BCUT2D eigenvalue weighted by Gasteiger charge is -2.18. The van der Waals surface area contributed by atoms with Crippen molar-refractivity contribution in [3.63, 3.8) is 0 Å². The Morgan fingerprint density at radius 3 is 2.58 bits per heavy atom. The number of halogens is 4. The van der Waals surface area contributed by atoms with Crippen molar-refractivity contribution in [2.45, 2.75) is 12.6 Å². The topological polar surface area (TPSA) is 21.3 Å². The molecule has 0 aliphatic rings. The third-order valence-corrected chi connectivity index (χ3v) is 3.35. The second-order valence-corrected chi connectivity index (χ2v) is 5.20. The molecule has 1 atom stereocenters. The molecule has 0 aliphatic carbocycles. The SMILES string of the molecule is CNCC(COCC(F)(F)F)Cc1ccccc1Br. The van der Waals surface area contributed by atoms with E-state index in [1.54, 1.807) is 7.05 Å². The number of rotatable bonds is 7. The molecule has 0 amide bonds. The maximum Gasteiger partial charge on any atom is 0.411 e. The van der Waals surface area contributed by atoms with Gasteiger partial charge in [-0.15, -0.1) is 0 Å². The van der Waals surface area contributed by atoms with Crippen LogP contribution in [-0.4, -0.2) is 33.0 Å². The maximum absolute atomic E-state index is 12.0. The van der Waals surface area contributed by atoms with Crippen molar-refractivity contribution in [2.75, 3.05) is 26.8 Å². The van der Waals surface area contributed by atoms with Gasteiger partial charge in [0, 0.05) is 11.0 Å². The van der Waals surface area contributed by atoms with E-state index in [0.717, 1.165) is 10.0 Å². The maximum atomic E-state index is 12.0. The molecule has 0 fully saturated rings. The summed E-state index contributed by atoms with van der Waals surface area (Å²) in [7, 11) is 1.77. The lowest BCUT2D eigenvalue weighted by Crippen LogP contribution is -2.27. The molecule has 108 valence electrons. The average molecular weight is 340 g/mol. The molecule has 0 radical (unpaired) electrons. The van der Waals surface area contributed by atoms with Gasteiger partial charge in [0.25, 0.3) is 0 Å². The second-order valence-electron chi connectivity index (χ2n) is 4.35. The van der Waals surface area contributed by atoms with Crippen LogP contribution in [-0.2, 0) is 11.2 Å². The molecule has 0 bridgehead atoms. The normalized spacial score (nSPS) is 13.5. The highest BCUT2D eigenvalue weighted by Crippen LogP contribution is 2.20. The first-order valence-electron chi connectivity index (χ1n) is 5.95. The van der Waals surface area contributed by atoms with Crippen molar-refractivity contribution < 1.29 is 17.9 Å². The number of nitrogens with one attached hydrogen (secondary N) is 1. The summed E-state index contributed by atoms with van der Waals surface area (Å²) in [4.78, 5) is 0. The van der Waals surface area contributed by atoms with Crippen molar-refractivity contribution in [1.82, 2.24) is 5.32 Å². The molecule has 1 aromatic carbocycles. The zero-order chi connectivity index (χ0) is 14.3. The summed E-state index contributed by atoms with van der Waals surface area (Å²) in [6.07, 6.45) is -3.60. The summed E-state index contributed by atoms with van der Waals surface area (Å²) in [5.74, 6) is 0.00560. The summed E-state index contributed by atoms with van der Waals surface area (Å²) in [6, 6.07) is 7.69. The third kappa shape index (κ3) is 6.94. The van der Waals surface area contributed by atoms with Crippen LogP contribution in [0.5, 0.6) is 0 Å². The Balaban J connectivity index is 2.51. The molecule has 2 nitrogen and oxygen atoms in total. The van der Waals surface area contributed by atoms with E-state index in [-0.39, 0.29) is 12.5 Å². The largest absolute Gasteiger partial charge is 0.411 e. The minimum atomic E-state index is -4.27. The number of hydrogen-bond donors (Lipinski definition) is 1. The summed E-state index contributed by atoms with van der Waals surface area (Å²) in [6.45, 7) is -0.496. The Morgan fingerprint density at radius 1 is 1.32 bits per heavy atom. The predicted molar refractivity (Wildman–Crippen MR) is 72.1 cm³/mol. The Morgan fingerprint density at radius 2 is 2.00 bits per heavy atom. The Kier molecular flexibility index (Phi) is 6.82. The van der Waals surface area contributed by atoms with E-state index in [4.69, 9.17) is 4.74 Å². The van der Waals surface area contributed by atoms with Gasteiger partial charge in [-0.2, -0.15) is 13.2 Å². The molecule has 6 heteroatoms. The van der Waals surface area contributed by atoms with Crippen molar-refractivity contribution in [3.05, 3.63) is 34.3 Å². The lowest BCUT2D eigenvalue weighted by molar-refractivity contribution is -0.176. The lowest BCUT2D eigenvalue weighted by atomic mass is 10.00. The van der Waals surface area contributed by atoms with Crippen LogP contribution >= 0.6 is 15.9 Å². The molecule has 0 saturated heterocycles. The van der Waals surface area contributed by atoms with Crippen molar-refractivity contribution in [1.29, 1.82) is 0 Å². The molecule has 0 aliphatic heterocycles. The predicted octanol–water partition coefficient (Wildman–Crippen LogP) is 3.41. The van der Waals surface area contributed by atoms with E-state index in [0.29, 0.717) is 13.0 Å². The van der Waals surface area contributed by atoms with E-state index >= 15 is 0 Å². The van der Waals surface area contributed by atoms with Crippen molar-refractivity contribution >= 4 is 15.9 Å². The molecule has 0 spiro atoms. The molecule has 1 unspecified atom stereocenters. The van der Waals surface area contributed by atoms with Gasteiger partial charge in [0.1, 0.15) is 6.61 Å². The molecule has 0 saturated carbocycles. The third-order valence-electron chi connectivity index (χ3n) is 2.58. The standard InChI is InChI=1S/C13H17BrF3NO/c1-18-7-10(8-19-9-13(15,16)17)6-11-4-2-3-5-12(11)14/h2-5,10,18H,6-9H2,1H3. The fourth-order valence-corrected chi connectivity index (χ4v) is 2.24. The van der Waals surface area contributed by atoms with Crippen LogP contribution in [0, 0.1) is 5.92 Å². The van der Waals surface area contributed by atoms with Crippen molar-refractivity contribution in [2.24, 2.45) is 5.92 Å². The van der Waals surface area contributed by atoms with E-state index in [9.17, 15) is 13.2 Å². The summed E-state index contributed by atoms with van der Waals surface area (Å²) < 4.78 is 41.8. The first-order valence-corrected chi connectivity index (χ1v) is 6.74. The monoisotopic (exact) mass is 339 g/mol. The van der Waals surface area contributed by atoms with Gasteiger partial charge in [-0.3, -0.25) is 0 Å². The van der Waals surface area contributed by atoms with Gasteiger partial charge in [0.2, 0.25) is 0 Å². The zero-order valence-electron chi connectivity index (χ0n) is 10.6. The van der Waals surface area contributed by atoms with E-state index in [1.807, 2.05) is 24.3 Å². The second kappa shape index (κ2) is 7.87. The highest BCUT2D eigenvalue weighted by Gasteiger charge is 2.27. The van der Waals surface area contributed by atoms with Gasteiger partial charge in [-0.25, -0.2) is 0 Å². The molecule has 0 heterocycles.